The zero-order valence-corrected chi connectivity index (χ0v) is 15.4. The van der Waals surface area contributed by atoms with Crippen molar-refractivity contribution in [2.75, 3.05) is 0 Å². The Kier molecular flexibility index (Phi) is 5.89. The van der Waals surface area contributed by atoms with Gasteiger partial charge in [0.05, 0.1) is 0 Å². The van der Waals surface area contributed by atoms with Gasteiger partial charge in [0.2, 0.25) is 0 Å². The van der Waals surface area contributed by atoms with E-state index in [0.717, 1.165) is 12.5 Å². The van der Waals surface area contributed by atoms with Crippen LogP contribution < -0.4 is 0 Å². The second kappa shape index (κ2) is 5.78. The average Bonchev–Trinajstić information content (AvgIpc) is 1.94. The average molecular weight is 319 g/mol. The van der Waals surface area contributed by atoms with Gasteiger partial charge >= 0.3 is 14.4 Å². The number of halogens is 3. The zero-order valence-electron chi connectivity index (χ0n) is 12.4. The fourth-order valence-electron chi connectivity index (χ4n) is 2.01. The molecule has 0 amide bonds. The van der Waals surface area contributed by atoms with Crippen molar-refractivity contribution >= 4 is 25.2 Å². The highest BCUT2D eigenvalue weighted by atomic mass is 28.5. The Morgan fingerprint density at radius 1 is 0.889 bits per heavy atom. The SMILES string of the molecule is CCC[Si](C)(C)O[Si](C)(C)O[Si](C)(C)C(F)(F)F. The molecule has 0 heterocycles. The van der Waals surface area contributed by atoms with Gasteiger partial charge in [0, 0.05) is 0 Å². The van der Waals surface area contributed by atoms with Crippen LogP contribution in [0.4, 0.5) is 13.2 Å². The van der Waals surface area contributed by atoms with E-state index in [0.29, 0.717) is 0 Å². The Labute approximate surface area is 111 Å². The van der Waals surface area contributed by atoms with E-state index >= 15 is 0 Å². The van der Waals surface area contributed by atoms with Gasteiger partial charge in [-0.1, -0.05) is 13.3 Å². The van der Waals surface area contributed by atoms with Gasteiger partial charge in [0.25, 0.3) is 8.32 Å². The van der Waals surface area contributed by atoms with Crippen molar-refractivity contribution in [3.05, 3.63) is 0 Å². The monoisotopic (exact) mass is 318 g/mol. The lowest BCUT2D eigenvalue weighted by atomic mass is 10.6. The van der Waals surface area contributed by atoms with Crippen LogP contribution in [-0.4, -0.2) is 31.0 Å². The number of hydrogen-bond acceptors (Lipinski definition) is 2. The third-order valence-corrected chi connectivity index (χ3v) is 13.8. The first kappa shape index (κ1) is 18.4. The van der Waals surface area contributed by atoms with Gasteiger partial charge in [-0.3, -0.25) is 0 Å². The van der Waals surface area contributed by atoms with E-state index in [9.17, 15) is 13.2 Å². The number of alkyl halides is 3. The van der Waals surface area contributed by atoms with Gasteiger partial charge in [0.1, 0.15) is 0 Å². The molecule has 0 bridgehead atoms. The van der Waals surface area contributed by atoms with Crippen LogP contribution in [0, 0.1) is 0 Å². The third-order valence-electron chi connectivity index (χ3n) is 2.56. The molecule has 0 saturated carbocycles. The minimum absolute atomic E-state index is 0.945. The highest BCUT2D eigenvalue weighted by Crippen LogP contribution is 2.33. The van der Waals surface area contributed by atoms with Crippen LogP contribution in [0.25, 0.3) is 0 Å². The maximum Gasteiger partial charge on any atom is 0.387 e. The van der Waals surface area contributed by atoms with Gasteiger partial charge in [-0.05, 0) is 45.3 Å². The summed E-state index contributed by atoms with van der Waals surface area (Å²) in [6.07, 6.45) is 0.990. The first-order chi connectivity index (χ1) is 7.72. The molecule has 0 fully saturated rings. The van der Waals surface area contributed by atoms with E-state index in [-0.39, 0.29) is 0 Å². The Balaban J connectivity index is 4.76. The highest BCUT2D eigenvalue weighted by Gasteiger charge is 2.55. The molecule has 8 heteroatoms. The van der Waals surface area contributed by atoms with E-state index in [1.165, 1.54) is 13.1 Å². The molecule has 0 aromatic carbocycles. The summed E-state index contributed by atoms with van der Waals surface area (Å²) in [5.74, 6) is -4.24. The fourth-order valence-corrected chi connectivity index (χ4v) is 14.9. The van der Waals surface area contributed by atoms with Crippen molar-refractivity contribution in [1.82, 2.24) is 0 Å². The summed E-state index contributed by atoms with van der Waals surface area (Å²) in [5, 5.41) is 0. The Hall–Kier alpha value is 0.361. The summed E-state index contributed by atoms with van der Waals surface area (Å²) in [6, 6.07) is 0.945. The van der Waals surface area contributed by atoms with Crippen molar-refractivity contribution in [1.29, 1.82) is 0 Å². The van der Waals surface area contributed by atoms with E-state index in [1.807, 2.05) is 13.1 Å². The molecular formula is C10H25F3O2Si3. The molecule has 0 N–H and O–H groups in total. The Morgan fingerprint density at radius 2 is 1.33 bits per heavy atom. The largest absolute Gasteiger partial charge is 0.437 e. The van der Waals surface area contributed by atoms with E-state index in [1.54, 1.807) is 13.1 Å². The van der Waals surface area contributed by atoms with Crippen LogP contribution >= 0.6 is 0 Å². The molecule has 2 nitrogen and oxygen atoms in total. The van der Waals surface area contributed by atoms with Crippen molar-refractivity contribution < 1.29 is 21.4 Å². The van der Waals surface area contributed by atoms with Crippen LogP contribution in [0.3, 0.4) is 0 Å². The lowest BCUT2D eigenvalue weighted by Gasteiger charge is -2.39. The smallest absolute Gasteiger partial charge is 0.387 e. The predicted molar refractivity (Wildman–Crippen MR) is 75.8 cm³/mol. The molecule has 0 spiro atoms. The molecule has 0 atom stereocenters. The lowest BCUT2D eigenvalue weighted by Crippen LogP contribution is -2.58. The lowest BCUT2D eigenvalue weighted by molar-refractivity contribution is -0.0675. The van der Waals surface area contributed by atoms with E-state index < -0.39 is 31.0 Å². The van der Waals surface area contributed by atoms with Gasteiger partial charge < -0.3 is 8.23 Å². The van der Waals surface area contributed by atoms with Crippen LogP contribution in [-0.2, 0) is 8.23 Å². The van der Waals surface area contributed by atoms with Crippen molar-refractivity contribution in [3.63, 3.8) is 0 Å². The molecule has 0 aliphatic heterocycles. The maximum absolute atomic E-state index is 12.9. The van der Waals surface area contributed by atoms with Crippen LogP contribution in [0.2, 0.25) is 45.3 Å². The highest BCUT2D eigenvalue weighted by molar-refractivity contribution is 6.88. The standard InChI is InChI=1S/C10H25F3O2Si3/c1-8-9-16(2,3)14-18(6,7)15-17(4,5)10(11,12)13/h8-9H2,1-7H3. The van der Waals surface area contributed by atoms with Crippen molar-refractivity contribution in [2.45, 2.75) is 64.5 Å². The molecule has 0 saturated heterocycles. The van der Waals surface area contributed by atoms with Crippen molar-refractivity contribution in [3.8, 4) is 0 Å². The Morgan fingerprint density at radius 3 is 1.67 bits per heavy atom. The summed E-state index contributed by atoms with van der Waals surface area (Å²) in [7, 11) is -8.33. The molecule has 0 aliphatic carbocycles. The molecule has 0 rings (SSSR count). The molecule has 0 unspecified atom stereocenters. The summed E-state index contributed by atoms with van der Waals surface area (Å²) < 4.78 is 50.0. The summed E-state index contributed by atoms with van der Waals surface area (Å²) >= 11 is 0. The molecule has 110 valence electrons. The molecule has 18 heavy (non-hydrogen) atoms. The first-order valence-electron chi connectivity index (χ1n) is 6.19. The third kappa shape index (κ3) is 6.00. The first-order valence-corrected chi connectivity index (χ1v) is 15.0. The van der Waals surface area contributed by atoms with Gasteiger partial charge in [-0.25, -0.2) is 0 Å². The fraction of sp³-hybridized carbons (Fsp3) is 1.00. The van der Waals surface area contributed by atoms with Gasteiger partial charge in [0.15, 0.2) is 8.32 Å². The number of hydrogen-bond donors (Lipinski definition) is 0. The topological polar surface area (TPSA) is 18.5 Å². The molecule has 0 aromatic rings. The molecule has 0 radical (unpaired) electrons. The second-order valence-corrected chi connectivity index (χ2v) is 18.2. The maximum atomic E-state index is 12.9. The van der Waals surface area contributed by atoms with Crippen molar-refractivity contribution in [2.24, 2.45) is 0 Å². The predicted octanol–water partition coefficient (Wildman–Crippen LogP) is 4.64. The number of rotatable bonds is 6. The minimum atomic E-state index is -4.24. The van der Waals surface area contributed by atoms with Crippen LogP contribution in [0.5, 0.6) is 0 Å². The second-order valence-electron chi connectivity index (χ2n) is 6.12. The van der Waals surface area contributed by atoms with E-state index in [2.05, 4.69) is 6.92 Å². The normalized spacial score (nSPS) is 15.0. The van der Waals surface area contributed by atoms with Crippen LogP contribution in [0.1, 0.15) is 13.3 Å². The van der Waals surface area contributed by atoms with Gasteiger partial charge in [-0.2, -0.15) is 13.2 Å². The Bertz CT molecular complexity index is 278. The van der Waals surface area contributed by atoms with Gasteiger partial charge in [-0.15, -0.1) is 0 Å². The van der Waals surface area contributed by atoms with E-state index in [4.69, 9.17) is 8.23 Å². The quantitative estimate of drug-likeness (QED) is 0.664. The molecule has 0 aromatic heterocycles. The molecule has 0 aliphatic rings. The zero-order chi connectivity index (χ0) is 14.8. The molecular weight excluding hydrogens is 293 g/mol. The minimum Gasteiger partial charge on any atom is -0.437 e. The summed E-state index contributed by atoms with van der Waals surface area (Å²) in [6.45, 7) is 12.0. The van der Waals surface area contributed by atoms with Crippen LogP contribution in [0.15, 0.2) is 0 Å². The summed E-state index contributed by atoms with van der Waals surface area (Å²) in [4.78, 5) is 0. The summed E-state index contributed by atoms with van der Waals surface area (Å²) in [5.41, 5.74) is 0.